The lowest BCUT2D eigenvalue weighted by Crippen LogP contribution is -2.42. The number of aromatic nitrogens is 2. The summed E-state index contributed by atoms with van der Waals surface area (Å²) >= 11 is 0. The SMILES string of the molecule is Cc1cc(C)nc(N2C(=O)c3cccc4c(N(CCOC(=O)C(C)C)C5CCCCC5)ccc(c34)C2=O)n1. The summed E-state index contributed by atoms with van der Waals surface area (Å²) in [5, 5.41) is 1.50. The molecule has 1 fully saturated rings. The molecule has 0 unspecified atom stereocenters. The fourth-order valence-corrected chi connectivity index (χ4v) is 5.62. The van der Waals surface area contributed by atoms with Crippen LogP contribution in [0.4, 0.5) is 11.6 Å². The van der Waals surface area contributed by atoms with Gasteiger partial charge in [-0.2, -0.15) is 0 Å². The normalized spacial score (nSPS) is 15.9. The summed E-state index contributed by atoms with van der Waals surface area (Å²) in [6.07, 6.45) is 5.62. The van der Waals surface area contributed by atoms with E-state index in [1.165, 1.54) is 6.42 Å². The molecular weight excluding hydrogens is 480 g/mol. The third-order valence-corrected chi connectivity index (χ3v) is 7.43. The second-order valence-electron chi connectivity index (χ2n) is 10.6. The number of anilines is 2. The van der Waals surface area contributed by atoms with Crippen molar-refractivity contribution in [2.45, 2.75) is 65.8 Å². The summed E-state index contributed by atoms with van der Waals surface area (Å²) in [5.41, 5.74) is 3.24. The first-order valence-corrected chi connectivity index (χ1v) is 13.5. The molecule has 3 aromatic rings. The topological polar surface area (TPSA) is 92.7 Å². The second-order valence-corrected chi connectivity index (χ2v) is 10.6. The minimum absolute atomic E-state index is 0.0973. The van der Waals surface area contributed by atoms with Crippen molar-refractivity contribution in [3.05, 3.63) is 58.9 Å². The summed E-state index contributed by atoms with van der Waals surface area (Å²) in [4.78, 5) is 51.7. The van der Waals surface area contributed by atoms with E-state index in [0.29, 0.717) is 40.5 Å². The molecule has 0 atom stereocenters. The van der Waals surface area contributed by atoms with Crippen LogP contribution in [0.15, 0.2) is 36.4 Å². The Morgan fingerprint density at radius 1 is 1.00 bits per heavy atom. The molecule has 2 aliphatic rings. The minimum atomic E-state index is -0.426. The first-order valence-electron chi connectivity index (χ1n) is 13.5. The first kappa shape index (κ1) is 25.8. The van der Waals surface area contributed by atoms with Crippen LogP contribution in [0.2, 0.25) is 0 Å². The van der Waals surface area contributed by atoms with Gasteiger partial charge in [-0.3, -0.25) is 14.4 Å². The number of hydrogen-bond acceptors (Lipinski definition) is 7. The van der Waals surface area contributed by atoms with E-state index in [9.17, 15) is 14.4 Å². The third kappa shape index (κ3) is 4.75. The third-order valence-electron chi connectivity index (χ3n) is 7.43. The highest BCUT2D eigenvalue weighted by molar-refractivity contribution is 6.36. The quantitative estimate of drug-likeness (QED) is 0.308. The molecule has 38 heavy (non-hydrogen) atoms. The fourth-order valence-electron chi connectivity index (χ4n) is 5.62. The van der Waals surface area contributed by atoms with Crippen LogP contribution in [0.3, 0.4) is 0 Å². The number of carbonyl (C=O) groups is 3. The van der Waals surface area contributed by atoms with Gasteiger partial charge in [-0.15, -0.1) is 0 Å². The van der Waals surface area contributed by atoms with E-state index in [1.807, 2.05) is 58.0 Å². The molecule has 0 saturated heterocycles. The first-order chi connectivity index (χ1) is 18.3. The van der Waals surface area contributed by atoms with E-state index in [0.717, 1.165) is 41.7 Å². The number of hydrogen-bond donors (Lipinski definition) is 0. The van der Waals surface area contributed by atoms with E-state index in [-0.39, 0.29) is 24.4 Å². The Morgan fingerprint density at radius 2 is 1.66 bits per heavy atom. The maximum Gasteiger partial charge on any atom is 0.308 e. The lowest BCUT2D eigenvalue weighted by atomic mass is 9.90. The summed E-state index contributed by atoms with van der Waals surface area (Å²) in [5.74, 6) is -1.15. The molecule has 2 amide bonds. The molecule has 1 aromatic heterocycles. The average molecular weight is 515 g/mol. The maximum atomic E-state index is 13.7. The van der Waals surface area contributed by atoms with Crippen LogP contribution in [0.25, 0.3) is 10.8 Å². The molecule has 1 aliphatic carbocycles. The van der Waals surface area contributed by atoms with Crippen molar-refractivity contribution in [3.8, 4) is 0 Å². The predicted molar refractivity (Wildman–Crippen MR) is 147 cm³/mol. The number of esters is 1. The number of nitrogens with zero attached hydrogens (tertiary/aromatic N) is 4. The molecule has 198 valence electrons. The van der Waals surface area contributed by atoms with Crippen molar-refractivity contribution >= 4 is 40.2 Å². The van der Waals surface area contributed by atoms with Crippen LogP contribution >= 0.6 is 0 Å². The molecule has 0 N–H and O–H groups in total. The van der Waals surface area contributed by atoms with Gasteiger partial charge >= 0.3 is 5.97 Å². The van der Waals surface area contributed by atoms with Crippen LogP contribution in [-0.4, -0.2) is 46.9 Å². The molecule has 0 spiro atoms. The number of aryl methyl sites for hydroxylation is 2. The molecular formula is C30H34N4O4. The summed E-state index contributed by atoms with van der Waals surface area (Å²) in [6, 6.07) is 11.5. The number of ether oxygens (including phenoxy) is 1. The smallest absolute Gasteiger partial charge is 0.308 e. The lowest BCUT2D eigenvalue weighted by molar-refractivity contribution is -0.147. The Kier molecular flexibility index (Phi) is 7.15. The van der Waals surface area contributed by atoms with E-state index >= 15 is 0 Å². The molecule has 2 aromatic carbocycles. The van der Waals surface area contributed by atoms with Gasteiger partial charge < -0.3 is 9.64 Å². The molecule has 8 nitrogen and oxygen atoms in total. The Balaban J connectivity index is 1.56. The highest BCUT2D eigenvalue weighted by Gasteiger charge is 2.37. The van der Waals surface area contributed by atoms with Gasteiger partial charge in [0.1, 0.15) is 6.61 Å². The van der Waals surface area contributed by atoms with E-state index in [1.54, 1.807) is 6.07 Å². The number of rotatable bonds is 7. The number of benzene rings is 2. The van der Waals surface area contributed by atoms with Gasteiger partial charge in [-0.1, -0.05) is 45.2 Å². The zero-order chi connectivity index (χ0) is 27.0. The van der Waals surface area contributed by atoms with Crippen molar-refractivity contribution in [1.29, 1.82) is 0 Å². The van der Waals surface area contributed by atoms with Crippen LogP contribution < -0.4 is 9.80 Å². The maximum absolute atomic E-state index is 13.7. The highest BCUT2D eigenvalue weighted by Crippen LogP contribution is 2.39. The fraction of sp³-hybridized carbons (Fsp3) is 0.433. The summed E-state index contributed by atoms with van der Waals surface area (Å²) < 4.78 is 5.55. The predicted octanol–water partition coefficient (Wildman–Crippen LogP) is 5.39. The Labute approximate surface area is 223 Å². The molecule has 1 aliphatic heterocycles. The van der Waals surface area contributed by atoms with Gasteiger partial charge in [0, 0.05) is 45.0 Å². The lowest BCUT2D eigenvalue weighted by Gasteiger charge is -2.37. The minimum Gasteiger partial charge on any atom is -0.464 e. The standard InChI is InChI=1S/C30H34N4O4/c1-18(2)29(37)38-16-15-33(21-9-6-5-7-10-21)25-14-13-24-26-22(25)11-8-12-23(26)27(35)34(28(24)36)30-31-19(3)17-20(4)32-30/h8,11-14,17-18,21H,5-7,9-10,15-16H2,1-4H3. The van der Waals surface area contributed by atoms with Crippen LogP contribution in [0.5, 0.6) is 0 Å². The van der Waals surface area contributed by atoms with Gasteiger partial charge in [0.25, 0.3) is 11.8 Å². The van der Waals surface area contributed by atoms with E-state index in [4.69, 9.17) is 4.74 Å². The van der Waals surface area contributed by atoms with Crippen LogP contribution in [0.1, 0.15) is 78.1 Å². The van der Waals surface area contributed by atoms with Crippen molar-refractivity contribution < 1.29 is 19.1 Å². The zero-order valence-electron chi connectivity index (χ0n) is 22.5. The van der Waals surface area contributed by atoms with Crippen molar-refractivity contribution in [3.63, 3.8) is 0 Å². The number of imide groups is 1. The molecule has 1 saturated carbocycles. The van der Waals surface area contributed by atoms with Crippen molar-refractivity contribution in [2.75, 3.05) is 23.0 Å². The Morgan fingerprint density at radius 3 is 2.32 bits per heavy atom. The largest absolute Gasteiger partial charge is 0.464 e. The molecule has 0 bridgehead atoms. The Hall–Kier alpha value is -3.81. The van der Waals surface area contributed by atoms with Crippen LogP contribution in [0, 0.1) is 19.8 Å². The van der Waals surface area contributed by atoms with E-state index < -0.39 is 11.8 Å². The van der Waals surface area contributed by atoms with Gasteiger partial charge in [0.2, 0.25) is 5.95 Å². The monoisotopic (exact) mass is 514 g/mol. The molecule has 5 rings (SSSR count). The zero-order valence-corrected chi connectivity index (χ0v) is 22.5. The van der Waals surface area contributed by atoms with Gasteiger partial charge in [-0.05, 0) is 51.0 Å². The van der Waals surface area contributed by atoms with Gasteiger partial charge in [-0.25, -0.2) is 14.9 Å². The van der Waals surface area contributed by atoms with E-state index in [2.05, 4.69) is 14.9 Å². The summed E-state index contributed by atoms with van der Waals surface area (Å²) in [6.45, 7) is 8.12. The summed E-state index contributed by atoms with van der Waals surface area (Å²) in [7, 11) is 0. The molecule has 8 heteroatoms. The molecule has 2 heterocycles. The van der Waals surface area contributed by atoms with Crippen molar-refractivity contribution in [2.24, 2.45) is 5.92 Å². The van der Waals surface area contributed by atoms with Gasteiger partial charge in [0.15, 0.2) is 0 Å². The number of carbonyl (C=O) groups excluding carboxylic acids is 3. The van der Waals surface area contributed by atoms with Crippen LogP contribution in [-0.2, 0) is 9.53 Å². The Bertz CT molecular complexity index is 1370. The number of amides is 2. The van der Waals surface area contributed by atoms with Gasteiger partial charge in [0.05, 0.1) is 12.5 Å². The van der Waals surface area contributed by atoms with Crippen molar-refractivity contribution in [1.82, 2.24) is 9.97 Å². The highest BCUT2D eigenvalue weighted by atomic mass is 16.5. The molecule has 0 radical (unpaired) electrons. The average Bonchev–Trinajstić information content (AvgIpc) is 2.89. The second kappa shape index (κ2) is 10.5.